The number of H-pyrrole nitrogens is 1. The van der Waals surface area contributed by atoms with Crippen LogP contribution in [-0.2, 0) is 19.4 Å². The van der Waals surface area contributed by atoms with Crippen LogP contribution < -0.4 is 5.73 Å². The molecule has 0 saturated heterocycles. The van der Waals surface area contributed by atoms with E-state index in [0.717, 1.165) is 22.4 Å². The standard InChI is InChI=1S/C12H13N5O2/c13-12-9(16-19-17-12)3-4-11-14-8-2-1-7(6-18)5-10(8)15-11/h1-2,5,18H,3-4,6H2,(H2,13,17)(H,14,15). The molecule has 0 aliphatic rings. The van der Waals surface area contributed by atoms with E-state index < -0.39 is 0 Å². The molecule has 0 radical (unpaired) electrons. The van der Waals surface area contributed by atoms with Crippen LogP contribution in [0.25, 0.3) is 11.0 Å². The summed E-state index contributed by atoms with van der Waals surface area (Å²) in [6.07, 6.45) is 1.28. The van der Waals surface area contributed by atoms with Gasteiger partial charge < -0.3 is 15.8 Å². The second-order valence-electron chi connectivity index (χ2n) is 4.29. The average molecular weight is 259 g/mol. The van der Waals surface area contributed by atoms with Crippen LogP contribution in [0.3, 0.4) is 0 Å². The molecule has 3 aromatic rings. The number of imidazole rings is 1. The summed E-state index contributed by atoms with van der Waals surface area (Å²) in [7, 11) is 0. The van der Waals surface area contributed by atoms with Gasteiger partial charge in [-0.2, -0.15) is 0 Å². The molecule has 0 atom stereocenters. The first kappa shape index (κ1) is 11.7. The highest BCUT2D eigenvalue weighted by Crippen LogP contribution is 2.15. The molecule has 2 heterocycles. The lowest BCUT2D eigenvalue weighted by Gasteiger charge is -1.94. The maximum atomic E-state index is 9.09. The maximum absolute atomic E-state index is 9.09. The number of aromatic nitrogens is 4. The van der Waals surface area contributed by atoms with Crippen molar-refractivity contribution in [1.82, 2.24) is 20.3 Å². The van der Waals surface area contributed by atoms with Gasteiger partial charge in [0.1, 0.15) is 11.5 Å². The zero-order chi connectivity index (χ0) is 13.2. The summed E-state index contributed by atoms with van der Waals surface area (Å²) < 4.78 is 4.54. The zero-order valence-corrected chi connectivity index (χ0v) is 10.1. The Morgan fingerprint density at radius 2 is 2.16 bits per heavy atom. The molecular weight excluding hydrogens is 246 g/mol. The van der Waals surface area contributed by atoms with Gasteiger partial charge in [0, 0.05) is 12.8 Å². The van der Waals surface area contributed by atoms with E-state index in [1.807, 2.05) is 18.2 Å². The number of benzene rings is 1. The quantitative estimate of drug-likeness (QED) is 0.638. The number of rotatable bonds is 4. The number of aliphatic hydroxyl groups excluding tert-OH is 1. The Morgan fingerprint density at radius 1 is 1.26 bits per heavy atom. The van der Waals surface area contributed by atoms with E-state index in [9.17, 15) is 0 Å². The van der Waals surface area contributed by atoms with Gasteiger partial charge >= 0.3 is 0 Å². The monoisotopic (exact) mass is 259 g/mol. The molecule has 98 valence electrons. The number of hydrogen-bond donors (Lipinski definition) is 3. The summed E-state index contributed by atoms with van der Waals surface area (Å²) >= 11 is 0. The Balaban J connectivity index is 1.80. The largest absolute Gasteiger partial charge is 0.392 e. The van der Waals surface area contributed by atoms with E-state index in [2.05, 4.69) is 24.9 Å². The van der Waals surface area contributed by atoms with Crippen molar-refractivity contribution in [1.29, 1.82) is 0 Å². The molecule has 0 amide bonds. The summed E-state index contributed by atoms with van der Waals surface area (Å²) in [4.78, 5) is 7.67. The minimum absolute atomic E-state index is 0.0193. The van der Waals surface area contributed by atoms with Gasteiger partial charge in [-0.1, -0.05) is 11.2 Å². The normalized spacial score (nSPS) is 11.2. The highest BCUT2D eigenvalue weighted by atomic mass is 16.6. The van der Waals surface area contributed by atoms with Gasteiger partial charge in [-0.3, -0.25) is 0 Å². The summed E-state index contributed by atoms with van der Waals surface area (Å²) in [5.74, 6) is 1.16. The lowest BCUT2D eigenvalue weighted by atomic mass is 10.2. The lowest BCUT2D eigenvalue weighted by Crippen LogP contribution is -1.97. The smallest absolute Gasteiger partial charge is 0.191 e. The molecule has 0 aliphatic carbocycles. The molecule has 4 N–H and O–H groups in total. The minimum atomic E-state index is 0.0193. The molecule has 1 aromatic carbocycles. The molecule has 7 heteroatoms. The number of aromatic amines is 1. The topological polar surface area (TPSA) is 114 Å². The fourth-order valence-electron chi connectivity index (χ4n) is 1.95. The van der Waals surface area contributed by atoms with Crippen LogP contribution in [-0.4, -0.2) is 25.4 Å². The summed E-state index contributed by atoms with van der Waals surface area (Å²) in [5.41, 5.74) is 8.87. The number of aliphatic hydroxyl groups is 1. The number of fused-ring (bicyclic) bond motifs is 1. The number of nitrogen functional groups attached to an aromatic ring is 1. The maximum Gasteiger partial charge on any atom is 0.191 e. The van der Waals surface area contributed by atoms with Gasteiger partial charge in [-0.25, -0.2) is 9.61 Å². The van der Waals surface area contributed by atoms with Gasteiger partial charge in [0.15, 0.2) is 5.82 Å². The lowest BCUT2D eigenvalue weighted by molar-refractivity contribution is 0.282. The van der Waals surface area contributed by atoms with Crippen molar-refractivity contribution in [3.05, 3.63) is 35.3 Å². The first-order valence-corrected chi connectivity index (χ1v) is 5.91. The van der Waals surface area contributed by atoms with Gasteiger partial charge in [0.25, 0.3) is 0 Å². The third kappa shape index (κ3) is 2.27. The van der Waals surface area contributed by atoms with Gasteiger partial charge in [0.2, 0.25) is 0 Å². The Hall–Kier alpha value is -2.41. The van der Waals surface area contributed by atoms with Gasteiger partial charge in [0.05, 0.1) is 17.6 Å². The van der Waals surface area contributed by atoms with Crippen molar-refractivity contribution in [2.45, 2.75) is 19.4 Å². The van der Waals surface area contributed by atoms with Crippen LogP contribution in [0.4, 0.5) is 5.82 Å². The van der Waals surface area contributed by atoms with Crippen LogP contribution in [0.5, 0.6) is 0 Å². The molecule has 0 fully saturated rings. The van der Waals surface area contributed by atoms with Crippen molar-refractivity contribution < 1.29 is 9.74 Å². The number of nitrogens with two attached hydrogens (primary N) is 1. The summed E-state index contributed by atoms with van der Waals surface area (Å²) in [5, 5.41) is 16.3. The number of anilines is 1. The number of aryl methyl sites for hydroxylation is 2. The van der Waals surface area contributed by atoms with E-state index in [0.29, 0.717) is 24.4 Å². The van der Waals surface area contributed by atoms with Crippen molar-refractivity contribution in [2.24, 2.45) is 0 Å². The van der Waals surface area contributed by atoms with Crippen molar-refractivity contribution >= 4 is 16.9 Å². The highest BCUT2D eigenvalue weighted by molar-refractivity contribution is 5.75. The Labute approximate surface area is 108 Å². The molecule has 0 saturated carbocycles. The Bertz CT molecular complexity index is 703. The minimum Gasteiger partial charge on any atom is -0.392 e. The van der Waals surface area contributed by atoms with Crippen LogP contribution in [0, 0.1) is 0 Å². The van der Waals surface area contributed by atoms with Crippen molar-refractivity contribution in [3.63, 3.8) is 0 Å². The van der Waals surface area contributed by atoms with E-state index in [1.54, 1.807) is 0 Å². The Morgan fingerprint density at radius 3 is 2.89 bits per heavy atom. The third-order valence-corrected chi connectivity index (χ3v) is 2.96. The second kappa shape index (κ2) is 4.69. The fraction of sp³-hybridized carbons (Fsp3) is 0.250. The van der Waals surface area contributed by atoms with Crippen LogP contribution >= 0.6 is 0 Å². The number of nitrogens with zero attached hydrogens (tertiary/aromatic N) is 3. The fourth-order valence-corrected chi connectivity index (χ4v) is 1.95. The predicted octanol–water partition coefficient (Wildman–Crippen LogP) is 0.806. The first-order valence-electron chi connectivity index (χ1n) is 5.91. The third-order valence-electron chi connectivity index (χ3n) is 2.96. The van der Waals surface area contributed by atoms with E-state index in [-0.39, 0.29) is 6.61 Å². The van der Waals surface area contributed by atoms with Gasteiger partial charge in [-0.05, 0) is 22.9 Å². The number of nitrogens with one attached hydrogen (secondary N) is 1. The average Bonchev–Trinajstić information content (AvgIpc) is 3.01. The SMILES string of the molecule is Nc1nonc1CCc1nc2ccc(CO)cc2[nH]1. The number of hydrogen-bond acceptors (Lipinski definition) is 6. The molecule has 0 bridgehead atoms. The van der Waals surface area contributed by atoms with E-state index in [1.165, 1.54) is 0 Å². The van der Waals surface area contributed by atoms with E-state index in [4.69, 9.17) is 10.8 Å². The summed E-state index contributed by atoms with van der Waals surface area (Å²) in [6, 6.07) is 5.62. The molecule has 7 nitrogen and oxygen atoms in total. The first-order chi connectivity index (χ1) is 9.26. The Kier molecular flexibility index (Phi) is 2.88. The molecule has 3 rings (SSSR count). The molecule has 0 aliphatic heterocycles. The van der Waals surface area contributed by atoms with Crippen molar-refractivity contribution in [3.8, 4) is 0 Å². The molecule has 19 heavy (non-hydrogen) atoms. The molecule has 2 aromatic heterocycles. The van der Waals surface area contributed by atoms with E-state index >= 15 is 0 Å². The summed E-state index contributed by atoms with van der Waals surface area (Å²) in [6.45, 7) is 0.0193. The van der Waals surface area contributed by atoms with Crippen molar-refractivity contribution in [2.75, 3.05) is 5.73 Å². The molecule has 0 spiro atoms. The molecule has 0 unspecified atom stereocenters. The van der Waals surface area contributed by atoms with Crippen LogP contribution in [0.15, 0.2) is 22.8 Å². The zero-order valence-electron chi connectivity index (χ0n) is 10.1. The second-order valence-corrected chi connectivity index (χ2v) is 4.29. The predicted molar refractivity (Wildman–Crippen MR) is 68.1 cm³/mol. The van der Waals surface area contributed by atoms with Crippen LogP contribution in [0.1, 0.15) is 17.1 Å². The highest BCUT2D eigenvalue weighted by Gasteiger charge is 2.09. The van der Waals surface area contributed by atoms with Gasteiger partial charge in [-0.15, -0.1) is 0 Å². The van der Waals surface area contributed by atoms with Crippen LogP contribution in [0.2, 0.25) is 0 Å². The molecular formula is C12H13N5O2.